The molecule has 1 aliphatic rings. The third kappa shape index (κ3) is 5.17. The van der Waals surface area contributed by atoms with Gasteiger partial charge in [0.2, 0.25) is 5.13 Å². The number of rotatable bonds is 4. The van der Waals surface area contributed by atoms with E-state index in [1.54, 1.807) is 0 Å². The van der Waals surface area contributed by atoms with Crippen LogP contribution in [0, 0.1) is 6.92 Å². The van der Waals surface area contributed by atoms with Gasteiger partial charge in [-0.15, -0.1) is 0 Å². The number of carbonyl (C=O) groups excluding carboxylic acids is 1. The van der Waals surface area contributed by atoms with E-state index in [4.69, 9.17) is 4.98 Å². The standard InChI is InChI=1S/C22H24BrN5OS/c1-16-7-9-17(10-8-16)15-20-25-22(30-26-20)28-12-4-11-27(13-14-28)21(29)24-19-6-3-2-5-18(19)23/h2-3,5-10H,4,11-15H2,1H3,(H,24,29). The molecule has 8 heteroatoms. The Balaban J connectivity index is 1.35. The number of aromatic nitrogens is 2. The van der Waals surface area contributed by atoms with E-state index in [0.29, 0.717) is 6.54 Å². The second-order valence-corrected chi connectivity index (χ2v) is 8.98. The van der Waals surface area contributed by atoms with Crippen LogP contribution in [0.25, 0.3) is 0 Å². The Kier molecular flexibility index (Phi) is 6.64. The Morgan fingerprint density at radius 3 is 2.70 bits per heavy atom. The van der Waals surface area contributed by atoms with Gasteiger partial charge >= 0.3 is 6.03 Å². The highest BCUT2D eigenvalue weighted by atomic mass is 79.9. The fourth-order valence-electron chi connectivity index (χ4n) is 3.40. The van der Waals surface area contributed by atoms with Crippen molar-refractivity contribution < 1.29 is 4.79 Å². The van der Waals surface area contributed by atoms with Crippen molar-refractivity contribution in [2.24, 2.45) is 0 Å². The summed E-state index contributed by atoms with van der Waals surface area (Å²) < 4.78 is 5.43. The topological polar surface area (TPSA) is 61.4 Å². The lowest BCUT2D eigenvalue weighted by atomic mass is 10.1. The first-order chi connectivity index (χ1) is 14.6. The largest absolute Gasteiger partial charge is 0.345 e. The number of para-hydroxylation sites is 1. The van der Waals surface area contributed by atoms with Crippen molar-refractivity contribution in [1.29, 1.82) is 0 Å². The lowest BCUT2D eigenvalue weighted by Gasteiger charge is -2.22. The van der Waals surface area contributed by atoms with E-state index in [1.165, 1.54) is 22.7 Å². The molecule has 0 saturated carbocycles. The van der Waals surface area contributed by atoms with Gasteiger partial charge in [-0.25, -0.2) is 9.78 Å². The van der Waals surface area contributed by atoms with E-state index >= 15 is 0 Å². The number of carbonyl (C=O) groups is 1. The second-order valence-electron chi connectivity index (χ2n) is 7.39. The van der Waals surface area contributed by atoms with E-state index < -0.39 is 0 Å². The highest BCUT2D eigenvalue weighted by Gasteiger charge is 2.21. The summed E-state index contributed by atoms with van der Waals surface area (Å²) in [7, 11) is 0. The van der Waals surface area contributed by atoms with E-state index in [0.717, 1.165) is 53.6 Å². The number of amides is 2. The molecule has 0 radical (unpaired) electrons. The molecule has 2 amide bonds. The Morgan fingerprint density at radius 1 is 1.10 bits per heavy atom. The molecule has 6 nitrogen and oxygen atoms in total. The van der Waals surface area contributed by atoms with Crippen LogP contribution in [0.15, 0.2) is 53.0 Å². The molecule has 0 unspecified atom stereocenters. The fraction of sp³-hybridized carbons (Fsp3) is 0.318. The minimum absolute atomic E-state index is 0.0685. The number of nitrogens with zero attached hydrogens (tertiary/aromatic N) is 4. The number of hydrogen-bond acceptors (Lipinski definition) is 5. The first-order valence-electron chi connectivity index (χ1n) is 10.0. The van der Waals surface area contributed by atoms with Gasteiger partial charge in [-0.1, -0.05) is 42.0 Å². The maximum absolute atomic E-state index is 12.7. The number of hydrogen-bond donors (Lipinski definition) is 1. The summed E-state index contributed by atoms with van der Waals surface area (Å²) in [6.07, 6.45) is 1.64. The summed E-state index contributed by atoms with van der Waals surface area (Å²) in [5.74, 6) is 0.853. The van der Waals surface area contributed by atoms with Gasteiger partial charge in [0.15, 0.2) is 0 Å². The first-order valence-corrected chi connectivity index (χ1v) is 11.6. The maximum Gasteiger partial charge on any atom is 0.321 e. The molecule has 0 atom stereocenters. The van der Waals surface area contributed by atoms with Crippen LogP contribution >= 0.6 is 27.5 Å². The third-order valence-electron chi connectivity index (χ3n) is 5.11. The Bertz CT molecular complexity index is 1010. The smallest absolute Gasteiger partial charge is 0.321 e. The minimum Gasteiger partial charge on any atom is -0.345 e. The van der Waals surface area contributed by atoms with E-state index in [2.05, 4.69) is 61.7 Å². The molecule has 1 aliphatic heterocycles. The molecule has 0 aliphatic carbocycles. The van der Waals surface area contributed by atoms with Crippen LogP contribution in [-0.2, 0) is 6.42 Å². The molecule has 1 aromatic heterocycles. The van der Waals surface area contributed by atoms with Crippen LogP contribution < -0.4 is 10.2 Å². The average molecular weight is 486 g/mol. The molecule has 2 heterocycles. The highest BCUT2D eigenvalue weighted by molar-refractivity contribution is 9.10. The third-order valence-corrected chi connectivity index (χ3v) is 6.62. The lowest BCUT2D eigenvalue weighted by Crippen LogP contribution is -2.38. The summed E-state index contributed by atoms with van der Waals surface area (Å²) >= 11 is 4.92. The van der Waals surface area contributed by atoms with Crippen LogP contribution in [-0.4, -0.2) is 46.5 Å². The number of urea groups is 1. The van der Waals surface area contributed by atoms with Crippen molar-refractivity contribution in [1.82, 2.24) is 14.3 Å². The normalized spacial score (nSPS) is 14.5. The molecule has 1 saturated heterocycles. The summed E-state index contributed by atoms with van der Waals surface area (Å²) in [5.41, 5.74) is 3.26. The number of anilines is 2. The van der Waals surface area contributed by atoms with Gasteiger partial charge in [0.25, 0.3) is 0 Å². The van der Waals surface area contributed by atoms with Crippen molar-refractivity contribution >= 4 is 44.3 Å². The molecule has 0 spiro atoms. The van der Waals surface area contributed by atoms with Crippen LogP contribution in [0.5, 0.6) is 0 Å². The molecule has 30 heavy (non-hydrogen) atoms. The molecule has 1 fully saturated rings. The zero-order chi connectivity index (χ0) is 20.9. The van der Waals surface area contributed by atoms with E-state index in [-0.39, 0.29) is 6.03 Å². The molecule has 1 N–H and O–H groups in total. The van der Waals surface area contributed by atoms with Gasteiger partial charge in [0.1, 0.15) is 5.82 Å². The fourth-order valence-corrected chi connectivity index (χ4v) is 4.52. The zero-order valence-corrected chi connectivity index (χ0v) is 19.2. The van der Waals surface area contributed by atoms with Crippen molar-refractivity contribution in [3.8, 4) is 0 Å². The summed E-state index contributed by atoms with van der Waals surface area (Å²) in [5, 5.41) is 3.93. The SMILES string of the molecule is Cc1ccc(Cc2nsc(N3CCCN(C(=O)Nc4ccccc4Br)CC3)n2)cc1. The Hall–Kier alpha value is -2.45. The molecule has 4 rings (SSSR count). The Morgan fingerprint density at radius 2 is 1.90 bits per heavy atom. The van der Waals surface area contributed by atoms with Crippen molar-refractivity contribution in [3.63, 3.8) is 0 Å². The van der Waals surface area contributed by atoms with Gasteiger partial charge in [-0.2, -0.15) is 4.37 Å². The molecule has 0 bridgehead atoms. The van der Waals surface area contributed by atoms with Crippen LogP contribution in [0.4, 0.5) is 15.6 Å². The number of benzene rings is 2. The van der Waals surface area contributed by atoms with Gasteiger partial charge in [-0.05, 0) is 47.0 Å². The minimum atomic E-state index is -0.0685. The summed E-state index contributed by atoms with van der Waals surface area (Å²) in [4.78, 5) is 21.6. The molecular formula is C22H24BrN5OS. The summed E-state index contributed by atoms with van der Waals surface area (Å²) in [6, 6.07) is 16.1. The number of halogens is 1. The summed E-state index contributed by atoms with van der Waals surface area (Å²) in [6.45, 7) is 5.09. The van der Waals surface area contributed by atoms with E-state index in [9.17, 15) is 4.79 Å². The van der Waals surface area contributed by atoms with E-state index in [1.807, 2.05) is 29.2 Å². The van der Waals surface area contributed by atoms with Crippen molar-refractivity contribution in [3.05, 3.63) is 70.0 Å². The molecule has 156 valence electrons. The van der Waals surface area contributed by atoms with Crippen molar-refractivity contribution in [2.75, 3.05) is 36.4 Å². The predicted octanol–water partition coefficient (Wildman–Crippen LogP) is 4.94. The molecule has 2 aromatic carbocycles. The number of aryl methyl sites for hydroxylation is 1. The second kappa shape index (κ2) is 9.57. The van der Waals surface area contributed by atoms with Crippen LogP contribution in [0.1, 0.15) is 23.4 Å². The first kappa shape index (κ1) is 20.8. The quantitative estimate of drug-likeness (QED) is 0.568. The van der Waals surface area contributed by atoms with Gasteiger partial charge in [-0.3, -0.25) is 0 Å². The van der Waals surface area contributed by atoms with Crippen LogP contribution in [0.2, 0.25) is 0 Å². The average Bonchev–Trinajstić information content (AvgIpc) is 3.06. The maximum atomic E-state index is 12.7. The van der Waals surface area contributed by atoms with Crippen molar-refractivity contribution in [2.45, 2.75) is 19.8 Å². The Labute approximate surface area is 189 Å². The number of nitrogens with one attached hydrogen (secondary N) is 1. The van der Waals surface area contributed by atoms with Gasteiger partial charge in [0, 0.05) is 48.6 Å². The zero-order valence-electron chi connectivity index (χ0n) is 16.8. The van der Waals surface area contributed by atoms with Gasteiger partial charge < -0.3 is 15.1 Å². The monoisotopic (exact) mass is 485 g/mol. The van der Waals surface area contributed by atoms with Gasteiger partial charge in [0.05, 0.1) is 5.69 Å². The highest BCUT2D eigenvalue weighted by Crippen LogP contribution is 2.23. The van der Waals surface area contributed by atoms with Crippen LogP contribution in [0.3, 0.4) is 0 Å². The molecule has 3 aromatic rings. The predicted molar refractivity (Wildman–Crippen MR) is 125 cm³/mol. The lowest BCUT2D eigenvalue weighted by molar-refractivity contribution is 0.215. The molecular weight excluding hydrogens is 462 g/mol.